The zero-order chi connectivity index (χ0) is 22.6. The highest BCUT2D eigenvalue weighted by molar-refractivity contribution is 7.96. The van der Waals surface area contributed by atoms with Gasteiger partial charge < -0.3 is 16.0 Å². The molecule has 1 fully saturated rings. The van der Waals surface area contributed by atoms with E-state index < -0.39 is 0 Å². The fourth-order valence-electron chi connectivity index (χ4n) is 5.02. The Bertz CT molecular complexity index is 980. The lowest BCUT2D eigenvalue weighted by Gasteiger charge is -2.42. The molecular formula is C26H35N5S. The number of nitrogens with zero attached hydrogens (tertiary/aromatic N) is 2. The van der Waals surface area contributed by atoms with Crippen molar-refractivity contribution in [3.8, 4) is 0 Å². The number of piperidine rings is 1. The van der Waals surface area contributed by atoms with E-state index in [2.05, 4.69) is 71.0 Å². The van der Waals surface area contributed by atoms with Gasteiger partial charge in [-0.1, -0.05) is 31.0 Å². The minimum absolute atomic E-state index is 0.163. The zero-order valence-electron chi connectivity index (χ0n) is 19.4. The Kier molecular flexibility index (Phi) is 7.33. The van der Waals surface area contributed by atoms with Gasteiger partial charge in [-0.2, -0.15) is 0 Å². The summed E-state index contributed by atoms with van der Waals surface area (Å²) in [6.45, 7) is 9.77. The van der Waals surface area contributed by atoms with Crippen LogP contribution in [0.25, 0.3) is 11.6 Å². The number of nitrogens with one attached hydrogen (secondary N) is 3. The molecule has 6 heteroatoms. The molecule has 2 heterocycles. The number of benzene rings is 1. The van der Waals surface area contributed by atoms with E-state index in [0.29, 0.717) is 6.04 Å². The fraction of sp³-hybridized carbons (Fsp3) is 0.462. The molecule has 4 rings (SSSR count). The van der Waals surface area contributed by atoms with E-state index in [-0.39, 0.29) is 5.54 Å². The van der Waals surface area contributed by atoms with Gasteiger partial charge in [-0.25, -0.2) is 0 Å². The summed E-state index contributed by atoms with van der Waals surface area (Å²) in [7, 11) is 0. The lowest BCUT2D eigenvalue weighted by Crippen LogP contribution is -2.50. The highest BCUT2D eigenvalue weighted by Crippen LogP contribution is 2.41. The van der Waals surface area contributed by atoms with Gasteiger partial charge in [0.1, 0.15) is 0 Å². The number of pyridine rings is 1. The SMILES string of the molecule is CCNc1ccc(C2=Cc3ccncc3C(C)(NC3CCN(SCC)CC3)C2)cc1C=N. The number of anilines is 1. The van der Waals surface area contributed by atoms with Crippen LogP contribution < -0.4 is 10.6 Å². The first-order valence-corrected chi connectivity index (χ1v) is 12.7. The van der Waals surface area contributed by atoms with Crippen LogP contribution in [0.1, 0.15) is 62.3 Å². The van der Waals surface area contributed by atoms with E-state index in [0.717, 1.165) is 43.1 Å². The van der Waals surface area contributed by atoms with E-state index in [1.807, 2.05) is 24.3 Å². The standard InChI is InChI=1S/C26H35N5S/c1-4-29-25-7-6-19(14-22(25)17-27)21-15-20-8-11-28-18-24(20)26(3,16-21)30-23-9-12-31(13-10-23)32-5-2/h6-8,11,14-15,17-18,23,27,29-30H,4-5,9-10,12-13,16H2,1-3H3. The number of aromatic nitrogens is 1. The average Bonchev–Trinajstić information content (AvgIpc) is 2.81. The smallest absolute Gasteiger partial charge is 0.0470 e. The molecule has 1 aromatic heterocycles. The summed E-state index contributed by atoms with van der Waals surface area (Å²) in [5.41, 5.74) is 6.81. The number of hydrogen-bond acceptors (Lipinski definition) is 6. The van der Waals surface area contributed by atoms with Crippen molar-refractivity contribution < 1.29 is 0 Å². The largest absolute Gasteiger partial charge is 0.385 e. The molecule has 1 aliphatic heterocycles. The van der Waals surface area contributed by atoms with Crippen molar-refractivity contribution in [3.63, 3.8) is 0 Å². The molecule has 5 nitrogen and oxygen atoms in total. The second-order valence-corrected chi connectivity index (χ2v) is 10.2. The summed E-state index contributed by atoms with van der Waals surface area (Å²) in [6, 6.07) is 9.07. The summed E-state index contributed by atoms with van der Waals surface area (Å²) in [5.74, 6) is 1.15. The number of fused-ring (bicyclic) bond motifs is 1. The van der Waals surface area contributed by atoms with Gasteiger partial charge in [-0.3, -0.25) is 9.29 Å². The fourth-order valence-corrected chi connectivity index (χ4v) is 5.85. The Hall–Kier alpha value is -2.15. The molecule has 1 atom stereocenters. The Labute approximate surface area is 196 Å². The Morgan fingerprint density at radius 2 is 2.06 bits per heavy atom. The summed E-state index contributed by atoms with van der Waals surface area (Å²) in [6.07, 6.45) is 10.9. The molecule has 0 saturated carbocycles. The van der Waals surface area contributed by atoms with Gasteiger partial charge in [0.05, 0.1) is 0 Å². The molecule has 0 spiro atoms. The number of rotatable bonds is 8. The van der Waals surface area contributed by atoms with Crippen molar-refractivity contribution in [2.24, 2.45) is 0 Å². The first-order chi connectivity index (χ1) is 15.6. The quantitative estimate of drug-likeness (QED) is 0.372. The first kappa shape index (κ1) is 23.0. The highest BCUT2D eigenvalue weighted by atomic mass is 32.2. The maximum Gasteiger partial charge on any atom is 0.0470 e. The minimum Gasteiger partial charge on any atom is -0.385 e. The van der Waals surface area contributed by atoms with E-state index >= 15 is 0 Å². The monoisotopic (exact) mass is 449 g/mol. The van der Waals surface area contributed by atoms with Crippen LogP contribution in [0.5, 0.6) is 0 Å². The molecule has 3 N–H and O–H groups in total. The highest BCUT2D eigenvalue weighted by Gasteiger charge is 2.36. The van der Waals surface area contributed by atoms with E-state index in [9.17, 15) is 0 Å². The topological polar surface area (TPSA) is 64.0 Å². The Balaban J connectivity index is 1.61. The molecule has 0 radical (unpaired) electrons. The van der Waals surface area contributed by atoms with Crippen molar-refractivity contribution in [2.45, 2.75) is 51.6 Å². The lowest BCUT2D eigenvalue weighted by atomic mass is 9.76. The van der Waals surface area contributed by atoms with Crippen LogP contribution in [-0.2, 0) is 5.54 Å². The van der Waals surface area contributed by atoms with Crippen molar-refractivity contribution in [3.05, 3.63) is 58.9 Å². The van der Waals surface area contributed by atoms with Crippen LogP contribution in [-0.4, -0.2) is 46.9 Å². The molecule has 1 saturated heterocycles. The third kappa shape index (κ3) is 4.92. The van der Waals surface area contributed by atoms with Gasteiger partial charge in [0.15, 0.2) is 0 Å². The van der Waals surface area contributed by atoms with Gasteiger partial charge in [-0.15, -0.1) is 0 Å². The second kappa shape index (κ2) is 10.2. The van der Waals surface area contributed by atoms with Crippen LogP contribution in [0, 0.1) is 5.41 Å². The molecular weight excluding hydrogens is 414 g/mol. The third-order valence-corrected chi connectivity index (χ3v) is 7.54. The van der Waals surface area contributed by atoms with E-state index in [1.54, 1.807) is 0 Å². The lowest BCUT2D eigenvalue weighted by molar-refractivity contribution is 0.242. The summed E-state index contributed by atoms with van der Waals surface area (Å²) >= 11 is 1.96. The Morgan fingerprint density at radius 1 is 1.25 bits per heavy atom. The zero-order valence-corrected chi connectivity index (χ0v) is 20.3. The van der Waals surface area contributed by atoms with Gasteiger partial charge in [0.2, 0.25) is 0 Å². The van der Waals surface area contributed by atoms with Crippen molar-refractivity contribution in [1.82, 2.24) is 14.6 Å². The predicted molar refractivity (Wildman–Crippen MR) is 138 cm³/mol. The van der Waals surface area contributed by atoms with Crippen molar-refractivity contribution in [2.75, 3.05) is 30.7 Å². The molecule has 2 aromatic rings. The van der Waals surface area contributed by atoms with Crippen molar-refractivity contribution >= 4 is 35.5 Å². The van der Waals surface area contributed by atoms with Crippen molar-refractivity contribution in [1.29, 1.82) is 5.41 Å². The molecule has 1 unspecified atom stereocenters. The molecule has 0 bridgehead atoms. The van der Waals surface area contributed by atoms with E-state index in [4.69, 9.17) is 5.41 Å². The molecule has 2 aliphatic rings. The molecule has 0 amide bonds. The van der Waals surface area contributed by atoms with Gasteiger partial charge in [0, 0.05) is 66.8 Å². The van der Waals surface area contributed by atoms with Crippen LogP contribution in [0.15, 0.2) is 36.7 Å². The number of hydrogen-bond donors (Lipinski definition) is 3. The maximum absolute atomic E-state index is 7.87. The summed E-state index contributed by atoms with van der Waals surface area (Å²) in [4.78, 5) is 4.46. The Morgan fingerprint density at radius 3 is 2.78 bits per heavy atom. The maximum atomic E-state index is 7.87. The van der Waals surface area contributed by atoms with Crippen LogP contribution in [0.3, 0.4) is 0 Å². The van der Waals surface area contributed by atoms with E-state index in [1.165, 1.54) is 41.3 Å². The normalized spacial score (nSPS) is 21.7. The molecule has 170 valence electrons. The molecule has 1 aromatic carbocycles. The average molecular weight is 450 g/mol. The summed E-state index contributed by atoms with van der Waals surface area (Å²) < 4.78 is 2.51. The molecule has 1 aliphatic carbocycles. The minimum atomic E-state index is -0.163. The van der Waals surface area contributed by atoms with Gasteiger partial charge >= 0.3 is 0 Å². The third-order valence-electron chi connectivity index (χ3n) is 6.56. The first-order valence-electron chi connectivity index (χ1n) is 11.8. The molecule has 32 heavy (non-hydrogen) atoms. The van der Waals surface area contributed by atoms with Crippen LogP contribution in [0.2, 0.25) is 0 Å². The predicted octanol–water partition coefficient (Wildman–Crippen LogP) is 5.39. The van der Waals surface area contributed by atoms with Gasteiger partial charge in [-0.05, 0) is 73.6 Å². The second-order valence-electron chi connectivity index (χ2n) is 8.88. The summed E-state index contributed by atoms with van der Waals surface area (Å²) in [5, 5.41) is 15.3. The van der Waals surface area contributed by atoms with Crippen LogP contribution in [0.4, 0.5) is 5.69 Å². The van der Waals surface area contributed by atoms with Gasteiger partial charge in [0.25, 0.3) is 0 Å². The van der Waals surface area contributed by atoms with Crippen LogP contribution >= 0.6 is 11.9 Å².